The van der Waals surface area contributed by atoms with Crippen molar-refractivity contribution in [3.05, 3.63) is 57.5 Å². The monoisotopic (exact) mass is 352 g/mol. The Morgan fingerprint density at radius 2 is 2.23 bits per heavy atom. The Balaban J connectivity index is 1.46. The van der Waals surface area contributed by atoms with Crippen LogP contribution in [0.15, 0.2) is 33.6 Å². The zero-order valence-electron chi connectivity index (χ0n) is 14.4. The van der Waals surface area contributed by atoms with Crippen molar-refractivity contribution in [2.45, 2.75) is 38.5 Å². The third kappa shape index (κ3) is 2.64. The third-order valence-corrected chi connectivity index (χ3v) is 5.33. The molecule has 0 saturated carbocycles. The molecule has 1 fully saturated rings. The number of nitrogens with zero attached hydrogens (tertiary/aromatic N) is 3. The largest absolute Gasteiger partial charge is 0.376 e. The number of fused-ring (bicyclic) bond motifs is 2. The topological polar surface area (TPSA) is 84.2 Å². The van der Waals surface area contributed by atoms with Gasteiger partial charge in [-0.05, 0) is 31.5 Å². The van der Waals surface area contributed by atoms with E-state index in [0.717, 1.165) is 54.2 Å². The maximum absolute atomic E-state index is 12.4. The normalized spacial score (nSPS) is 20.5. The number of aromatic nitrogens is 3. The highest BCUT2D eigenvalue weighted by Crippen LogP contribution is 2.32. The Morgan fingerprint density at radius 3 is 3.19 bits per heavy atom. The van der Waals surface area contributed by atoms with Crippen molar-refractivity contribution in [3.8, 4) is 0 Å². The van der Waals surface area contributed by atoms with Gasteiger partial charge in [0.1, 0.15) is 17.3 Å². The average molecular weight is 352 g/mol. The molecule has 1 N–H and O–H groups in total. The summed E-state index contributed by atoms with van der Waals surface area (Å²) in [4.78, 5) is 22.4. The number of rotatable bonds is 3. The zero-order chi connectivity index (χ0) is 17.5. The Kier molecular flexibility index (Phi) is 3.83. The SMILES string of the molecule is O=c1[nH]c(C2CCCN2Cc2noc3c2COCC3)nc2ccccc12. The van der Waals surface area contributed by atoms with Crippen molar-refractivity contribution in [2.24, 2.45) is 0 Å². The van der Waals surface area contributed by atoms with E-state index in [1.807, 2.05) is 18.2 Å². The van der Waals surface area contributed by atoms with Gasteiger partial charge in [-0.2, -0.15) is 0 Å². The van der Waals surface area contributed by atoms with Gasteiger partial charge in [0.15, 0.2) is 0 Å². The first-order valence-corrected chi connectivity index (χ1v) is 9.06. The summed E-state index contributed by atoms with van der Waals surface area (Å²) in [6, 6.07) is 7.55. The van der Waals surface area contributed by atoms with Crippen LogP contribution in [0.3, 0.4) is 0 Å². The quantitative estimate of drug-likeness (QED) is 0.779. The highest BCUT2D eigenvalue weighted by atomic mass is 16.5. The van der Waals surface area contributed by atoms with Crippen LogP contribution in [0.4, 0.5) is 0 Å². The van der Waals surface area contributed by atoms with Crippen LogP contribution in [0.1, 0.15) is 41.7 Å². The second-order valence-corrected chi connectivity index (χ2v) is 6.93. The number of nitrogens with one attached hydrogen (secondary N) is 1. The lowest BCUT2D eigenvalue weighted by atomic mass is 10.1. The van der Waals surface area contributed by atoms with E-state index in [2.05, 4.69) is 15.0 Å². The summed E-state index contributed by atoms with van der Waals surface area (Å²) in [7, 11) is 0. The van der Waals surface area contributed by atoms with Gasteiger partial charge in [0.25, 0.3) is 5.56 Å². The fraction of sp³-hybridized carbons (Fsp3) is 0.421. The number of aromatic amines is 1. The van der Waals surface area contributed by atoms with E-state index >= 15 is 0 Å². The van der Waals surface area contributed by atoms with Crippen LogP contribution < -0.4 is 5.56 Å². The lowest BCUT2D eigenvalue weighted by Crippen LogP contribution is -2.27. The Labute approximate surface area is 150 Å². The van der Waals surface area contributed by atoms with Gasteiger partial charge in [0.05, 0.1) is 30.2 Å². The summed E-state index contributed by atoms with van der Waals surface area (Å²) in [6.45, 7) is 2.89. The van der Waals surface area contributed by atoms with Crippen LogP contribution in [-0.2, 0) is 24.3 Å². The van der Waals surface area contributed by atoms with E-state index in [-0.39, 0.29) is 11.6 Å². The summed E-state index contributed by atoms with van der Waals surface area (Å²) >= 11 is 0. The van der Waals surface area contributed by atoms with Gasteiger partial charge < -0.3 is 14.2 Å². The summed E-state index contributed by atoms with van der Waals surface area (Å²) < 4.78 is 11.0. The number of hydrogen-bond acceptors (Lipinski definition) is 6. The molecule has 0 spiro atoms. The fourth-order valence-electron chi connectivity index (χ4n) is 3.98. The molecule has 0 bridgehead atoms. The van der Waals surface area contributed by atoms with Gasteiger partial charge in [-0.1, -0.05) is 17.3 Å². The molecular formula is C19H20N4O3. The molecule has 7 nitrogen and oxygen atoms in total. The van der Waals surface area contributed by atoms with Crippen molar-refractivity contribution in [1.29, 1.82) is 0 Å². The molecule has 134 valence electrons. The third-order valence-electron chi connectivity index (χ3n) is 5.33. The number of hydrogen-bond donors (Lipinski definition) is 1. The molecular weight excluding hydrogens is 332 g/mol. The first-order chi connectivity index (χ1) is 12.8. The van der Waals surface area contributed by atoms with E-state index < -0.39 is 0 Å². The van der Waals surface area contributed by atoms with Crippen molar-refractivity contribution in [1.82, 2.24) is 20.0 Å². The molecule has 7 heteroatoms. The Hall–Kier alpha value is -2.51. The van der Waals surface area contributed by atoms with E-state index in [4.69, 9.17) is 14.2 Å². The highest BCUT2D eigenvalue weighted by molar-refractivity contribution is 5.77. The van der Waals surface area contributed by atoms with E-state index in [1.54, 1.807) is 6.07 Å². The summed E-state index contributed by atoms with van der Waals surface area (Å²) in [5.74, 6) is 1.68. The molecule has 2 aliphatic heterocycles. The standard InChI is InChI=1S/C19H20N4O3/c24-19-12-4-1-2-5-14(12)20-18(21-19)16-6-3-8-23(16)10-15-13-11-25-9-7-17(13)26-22-15/h1-2,4-5,16H,3,6-11H2,(H,20,21,24). The molecule has 0 amide bonds. The van der Waals surface area contributed by atoms with Crippen LogP contribution in [0.2, 0.25) is 0 Å². The van der Waals surface area contributed by atoms with E-state index in [9.17, 15) is 4.79 Å². The zero-order valence-corrected chi connectivity index (χ0v) is 14.4. The number of ether oxygens (including phenoxy) is 1. The maximum Gasteiger partial charge on any atom is 0.258 e. The first kappa shape index (κ1) is 15.7. The molecule has 1 saturated heterocycles. The molecule has 0 aliphatic carbocycles. The minimum Gasteiger partial charge on any atom is -0.376 e. The summed E-state index contributed by atoms with van der Waals surface area (Å²) in [6.07, 6.45) is 2.82. The molecule has 1 atom stereocenters. The minimum atomic E-state index is -0.0790. The van der Waals surface area contributed by atoms with Crippen LogP contribution in [0.5, 0.6) is 0 Å². The molecule has 0 radical (unpaired) electrons. The van der Waals surface area contributed by atoms with Crippen molar-refractivity contribution in [2.75, 3.05) is 13.2 Å². The Bertz CT molecular complexity index is 1010. The maximum atomic E-state index is 12.4. The average Bonchev–Trinajstić information content (AvgIpc) is 3.30. The molecule has 5 rings (SSSR count). The van der Waals surface area contributed by atoms with E-state index in [0.29, 0.717) is 25.1 Å². The smallest absolute Gasteiger partial charge is 0.258 e. The molecule has 2 aliphatic rings. The van der Waals surface area contributed by atoms with Crippen molar-refractivity contribution in [3.63, 3.8) is 0 Å². The fourth-order valence-corrected chi connectivity index (χ4v) is 3.98. The molecule has 4 heterocycles. The van der Waals surface area contributed by atoms with Gasteiger partial charge in [-0.25, -0.2) is 4.98 Å². The molecule has 26 heavy (non-hydrogen) atoms. The van der Waals surface area contributed by atoms with E-state index in [1.165, 1.54) is 0 Å². The Morgan fingerprint density at radius 1 is 1.31 bits per heavy atom. The van der Waals surface area contributed by atoms with Crippen molar-refractivity contribution >= 4 is 10.9 Å². The highest BCUT2D eigenvalue weighted by Gasteiger charge is 2.31. The second kappa shape index (κ2) is 6.34. The lowest BCUT2D eigenvalue weighted by molar-refractivity contribution is 0.102. The van der Waals surface area contributed by atoms with Crippen LogP contribution in [-0.4, -0.2) is 33.2 Å². The van der Waals surface area contributed by atoms with Crippen LogP contribution in [0, 0.1) is 0 Å². The van der Waals surface area contributed by atoms with Gasteiger partial charge in [0, 0.05) is 18.5 Å². The van der Waals surface area contributed by atoms with Crippen LogP contribution in [0.25, 0.3) is 10.9 Å². The molecule has 1 unspecified atom stereocenters. The molecule has 2 aromatic heterocycles. The predicted octanol–water partition coefficient (Wildman–Crippen LogP) is 2.32. The summed E-state index contributed by atoms with van der Waals surface area (Å²) in [5.41, 5.74) is 2.69. The lowest BCUT2D eigenvalue weighted by Gasteiger charge is -2.23. The van der Waals surface area contributed by atoms with Gasteiger partial charge in [0.2, 0.25) is 0 Å². The molecule has 3 aromatic rings. The first-order valence-electron chi connectivity index (χ1n) is 9.06. The van der Waals surface area contributed by atoms with Crippen molar-refractivity contribution < 1.29 is 9.26 Å². The number of benzene rings is 1. The van der Waals surface area contributed by atoms with Gasteiger partial charge >= 0.3 is 0 Å². The summed E-state index contributed by atoms with van der Waals surface area (Å²) in [5, 5.41) is 4.90. The van der Waals surface area contributed by atoms with Crippen LogP contribution >= 0.6 is 0 Å². The van der Waals surface area contributed by atoms with Gasteiger partial charge in [-0.15, -0.1) is 0 Å². The van der Waals surface area contributed by atoms with Gasteiger partial charge in [-0.3, -0.25) is 9.69 Å². The molecule has 1 aromatic carbocycles. The number of H-pyrrole nitrogens is 1. The predicted molar refractivity (Wildman–Crippen MR) is 94.6 cm³/mol. The minimum absolute atomic E-state index is 0.0790. The second-order valence-electron chi connectivity index (χ2n) is 6.93. The number of para-hydroxylation sites is 1. The number of likely N-dealkylation sites (tertiary alicyclic amines) is 1.